The fourth-order valence-corrected chi connectivity index (χ4v) is 4.59. The second kappa shape index (κ2) is 12.4. The molecule has 0 spiro atoms. The van der Waals surface area contributed by atoms with Crippen LogP contribution in [0.3, 0.4) is 0 Å². The standard InChI is InChI=1S/C21H35NO6S/c1-5-21(27-6-2,28-7-3)20(23)19(29(22,24)25)17(4)12-11-15-26-16-18-13-9-8-10-14-18/h8-14,17,19-20,23H,5-7,15-16H2,1-4H3,(H2,22,24,25)/b12-11-/t17-,19?,20?/m1/s1. The number of ether oxygens (including phenoxy) is 3. The van der Waals surface area contributed by atoms with E-state index < -0.39 is 33.1 Å². The third-order valence-corrected chi connectivity index (χ3v) is 6.14. The minimum absolute atomic E-state index is 0.264. The van der Waals surface area contributed by atoms with Crippen molar-refractivity contribution in [3.8, 4) is 0 Å². The third-order valence-electron chi connectivity index (χ3n) is 4.69. The summed E-state index contributed by atoms with van der Waals surface area (Å²) in [5.41, 5.74) is 1.05. The molecule has 0 aliphatic heterocycles. The first-order valence-corrected chi connectivity index (χ1v) is 11.6. The Labute approximate surface area is 174 Å². The quantitative estimate of drug-likeness (QED) is 0.267. The van der Waals surface area contributed by atoms with Gasteiger partial charge in [0, 0.05) is 19.6 Å². The van der Waals surface area contributed by atoms with Crippen molar-refractivity contribution >= 4 is 10.0 Å². The summed E-state index contributed by atoms with van der Waals surface area (Å²) >= 11 is 0. The predicted octanol–water partition coefficient (Wildman–Crippen LogP) is 2.59. The Balaban J connectivity index is 2.87. The van der Waals surface area contributed by atoms with E-state index in [1.165, 1.54) is 0 Å². The van der Waals surface area contributed by atoms with E-state index in [0.29, 0.717) is 13.2 Å². The largest absolute Gasteiger partial charge is 0.386 e. The van der Waals surface area contributed by atoms with E-state index in [4.69, 9.17) is 19.3 Å². The summed E-state index contributed by atoms with van der Waals surface area (Å²) in [4.78, 5) is 0. The molecule has 29 heavy (non-hydrogen) atoms. The SMILES string of the molecule is CCOC(CC)(OCC)C(O)C([C@H](C)/C=C\COCc1ccccc1)S(N)(=O)=O. The maximum absolute atomic E-state index is 12.3. The first-order chi connectivity index (χ1) is 13.7. The second-order valence-electron chi connectivity index (χ2n) is 6.82. The number of hydrogen-bond acceptors (Lipinski definition) is 6. The van der Waals surface area contributed by atoms with Crippen LogP contribution in [-0.2, 0) is 30.8 Å². The van der Waals surface area contributed by atoms with Gasteiger partial charge in [-0.05, 0) is 25.3 Å². The van der Waals surface area contributed by atoms with Crippen LogP contribution in [0.1, 0.15) is 39.7 Å². The summed E-state index contributed by atoms with van der Waals surface area (Å²) in [6, 6.07) is 9.73. The number of rotatable bonds is 14. The molecule has 0 saturated heterocycles. The highest BCUT2D eigenvalue weighted by Gasteiger charge is 2.48. The Morgan fingerprint density at radius 3 is 2.21 bits per heavy atom. The van der Waals surface area contributed by atoms with Gasteiger partial charge in [-0.3, -0.25) is 0 Å². The molecule has 0 saturated carbocycles. The predicted molar refractivity (Wildman–Crippen MR) is 114 cm³/mol. The molecule has 1 rings (SSSR count). The van der Waals surface area contributed by atoms with E-state index >= 15 is 0 Å². The van der Waals surface area contributed by atoms with Crippen molar-refractivity contribution in [3.05, 3.63) is 48.0 Å². The molecule has 8 heteroatoms. The van der Waals surface area contributed by atoms with E-state index in [1.807, 2.05) is 30.3 Å². The van der Waals surface area contributed by atoms with Gasteiger partial charge in [0.05, 0.1) is 13.2 Å². The number of aliphatic hydroxyl groups is 1. The van der Waals surface area contributed by atoms with Crippen molar-refractivity contribution in [1.82, 2.24) is 0 Å². The third kappa shape index (κ3) is 7.81. The lowest BCUT2D eigenvalue weighted by Crippen LogP contribution is -2.57. The Hall–Kier alpha value is -1.29. The van der Waals surface area contributed by atoms with Crippen LogP contribution in [0.5, 0.6) is 0 Å². The molecule has 7 nitrogen and oxygen atoms in total. The fraction of sp³-hybridized carbons (Fsp3) is 0.619. The van der Waals surface area contributed by atoms with Gasteiger partial charge in [0.2, 0.25) is 10.0 Å². The van der Waals surface area contributed by atoms with Crippen LogP contribution >= 0.6 is 0 Å². The number of allylic oxidation sites excluding steroid dienone is 1. The van der Waals surface area contributed by atoms with Gasteiger partial charge in [0.25, 0.3) is 0 Å². The minimum Gasteiger partial charge on any atom is -0.386 e. The molecule has 3 N–H and O–H groups in total. The molecule has 0 aliphatic carbocycles. The van der Waals surface area contributed by atoms with Crippen LogP contribution in [0.2, 0.25) is 0 Å². The highest BCUT2D eigenvalue weighted by atomic mass is 32.2. The molecule has 0 radical (unpaired) electrons. The van der Waals surface area contributed by atoms with Crippen LogP contribution in [0.4, 0.5) is 0 Å². The lowest BCUT2D eigenvalue weighted by molar-refractivity contribution is -0.282. The molecule has 1 aromatic carbocycles. The first-order valence-electron chi connectivity index (χ1n) is 9.97. The van der Waals surface area contributed by atoms with Gasteiger partial charge < -0.3 is 19.3 Å². The summed E-state index contributed by atoms with van der Waals surface area (Å²) in [7, 11) is -4.08. The van der Waals surface area contributed by atoms with Crippen molar-refractivity contribution in [1.29, 1.82) is 0 Å². The summed E-state index contributed by atoms with van der Waals surface area (Å²) in [5.74, 6) is -2.01. The average molecular weight is 430 g/mol. The highest BCUT2D eigenvalue weighted by molar-refractivity contribution is 7.89. The Morgan fingerprint density at radius 2 is 1.72 bits per heavy atom. The Bertz CT molecular complexity index is 701. The molecule has 1 aromatic rings. The summed E-state index contributed by atoms with van der Waals surface area (Å²) < 4.78 is 41.5. The van der Waals surface area contributed by atoms with Crippen molar-refractivity contribution in [2.75, 3.05) is 19.8 Å². The van der Waals surface area contributed by atoms with Gasteiger partial charge in [0.1, 0.15) is 11.4 Å². The molecule has 0 aromatic heterocycles. The van der Waals surface area contributed by atoms with Gasteiger partial charge in [-0.25, -0.2) is 13.6 Å². The zero-order chi connectivity index (χ0) is 21.9. The summed E-state index contributed by atoms with van der Waals surface area (Å²) in [5, 5.41) is 15.1. The molecule has 166 valence electrons. The van der Waals surface area contributed by atoms with Gasteiger partial charge in [-0.1, -0.05) is 56.3 Å². The Morgan fingerprint density at radius 1 is 1.14 bits per heavy atom. The summed E-state index contributed by atoms with van der Waals surface area (Å²) in [6.07, 6.45) is 2.24. The highest BCUT2D eigenvalue weighted by Crippen LogP contribution is 2.30. The van der Waals surface area contributed by atoms with Crippen LogP contribution in [0.15, 0.2) is 42.5 Å². The van der Waals surface area contributed by atoms with Crippen LogP contribution < -0.4 is 5.14 Å². The van der Waals surface area contributed by atoms with E-state index in [-0.39, 0.29) is 19.6 Å². The van der Waals surface area contributed by atoms with Crippen molar-refractivity contribution in [2.45, 2.75) is 57.9 Å². The number of benzene rings is 1. The number of hydrogen-bond donors (Lipinski definition) is 2. The van der Waals surface area contributed by atoms with Gasteiger partial charge in [0.15, 0.2) is 5.79 Å². The van der Waals surface area contributed by atoms with Crippen molar-refractivity contribution < 1.29 is 27.7 Å². The van der Waals surface area contributed by atoms with Crippen molar-refractivity contribution in [2.24, 2.45) is 11.1 Å². The average Bonchev–Trinajstić information content (AvgIpc) is 2.67. The van der Waals surface area contributed by atoms with E-state index in [9.17, 15) is 13.5 Å². The van der Waals surface area contributed by atoms with Crippen molar-refractivity contribution in [3.63, 3.8) is 0 Å². The number of primary sulfonamides is 1. The molecular formula is C21H35NO6S. The summed E-state index contributed by atoms with van der Waals surface area (Å²) in [6.45, 7) is 8.26. The fourth-order valence-electron chi connectivity index (χ4n) is 3.33. The smallest absolute Gasteiger partial charge is 0.215 e. The van der Waals surface area contributed by atoms with Crippen LogP contribution in [0, 0.1) is 5.92 Å². The molecule has 0 heterocycles. The lowest BCUT2D eigenvalue weighted by atomic mass is 9.94. The molecule has 0 fully saturated rings. The zero-order valence-corrected chi connectivity index (χ0v) is 18.6. The van der Waals surface area contributed by atoms with Gasteiger partial charge in [-0.15, -0.1) is 0 Å². The molecule has 0 bridgehead atoms. The lowest BCUT2D eigenvalue weighted by Gasteiger charge is -2.40. The first kappa shape index (κ1) is 25.7. The van der Waals surface area contributed by atoms with Crippen LogP contribution in [-0.4, -0.2) is 50.5 Å². The second-order valence-corrected chi connectivity index (χ2v) is 8.54. The topological polar surface area (TPSA) is 108 Å². The molecule has 0 aliphatic rings. The molecule has 2 unspecified atom stereocenters. The minimum atomic E-state index is -4.08. The zero-order valence-electron chi connectivity index (χ0n) is 17.8. The maximum atomic E-state index is 12.3. The molecule has 0 amide bonds. The maximum Gasteiger partial charge on any atom is 0.215 e. The number of aliphatic hydroxyl groups excluding tert-OH is 1. The normalized spacial score (nSPS) is 16.1. The van der Waals surface area contributed by atoms with Gasteiger partial charge >= 0.3 is 0 Å². The van der Waals surface area contributed by atoms with Crippen LogP contribution in [0.25, 0.3) is 0 Å². The number of sulfonamides is 1. The monoisotopic (exact) mass is 429 g/mol. The van der Waals surface area contributed by atoms with Gasteiger partial charge in [-0.2, -0.15) is 0 Å². The Kier molecular flexibility index (Phi) is 11.0. The van der Waals surface area contributed by atoms with E-state index in [2.05, 4.69) is 0 Å². The number of nitrogens with two attached hydrogens (primary N) is 1. The van der Waals surface area contributed by atoms with E-state index in [1.54, 1.807) is 39.8 Å². The van der Waals surface area contributed by atoms with E-state index in [0.717, 1.165) is 5.56 Å². The molecular weight excluding hydrogens is 394 g/mol. The molecule has 3 atom stereocenters.